The molecule has 1 heterocycles. The van der Waals surface area contributed by atoms with Crippen molar-refractivity contribution in [2.45, 2.75) is 31.5 Å². The summed E-state index contributed by atoms with van der Waals surface area (Å²) >= 11 is 5.95. The van der Waals surface area contributed by atoms with E-state index in [2.05, 4.69) is 6.58 Å². The molecule has 1 aliphatic heterocycles. The number of carbonyl (C=O) groups excluding carboxylic acids is 1. The fourth-order valence-electron chi connectivity index (χ4n) is 2.48. The Kier molecular flexibility index (Phi) is 7.98. The number of hydrogen-bond acceptors (Lipinski definition) is 5. The van der Waals surface area contributed by atoms with Crippen molar-refractivity contribution in [2.75, 3.05) is 19.8 Å². The molecular formula is C19H23ClO5. The molecule has 0 aromatic heterocycles. The molecule has 0 saturated heterocycles. The van der Waals surface area contributed by atoms with Gasteiger partial charge in [0.25, 0.3) is 0 Å². The first-order valence-corrected chi connectivity index (χ1v) is 8.66. The van der Waals surface area contributed by atoms with Crippen molar-refractivity contribution in [3.8, 4) is 0 Å². The van der Waals surface area contributed by atoms with Crippen molar-refractivity contribution in [1.29, 1.82) is 0 Å². The van der Waals surface area contributed by atoms with Gasteiger partial charge >= 0.3 is 5.97 Å². The van der Waals surface area contributed by atoms with E-state index < -0.39 is 12.3 Å². The van der Waals surface area contributed by atoms with Crippen LogP contribution in [0.5, 0.6) is 0 Å². The molecule has 1 aromatic carbocycles. The van der Waals surface area contributed by atoms with E-state index in [1.54, 1.807) is 6.08 Å². The molecule has 0 amide bonds. The molecule has 0 unspecified atom stereocenters. The maximum Gasteiger partial charge on any atom is 0.373 e. The highest BCUT2D eigenvalue weighted by Crippen LogP contribution is 2.32. The van der Waals surface area contributed by atoms with Crippen molar-refractivity contribution in [1.82, 2.24) is 0 Å². The molecule has 2 atom stereocenters. The molecule has 1 aromatic rings. The fourth-order valence-corrected chi connectivity index (χ4v) is 2.61. The Morgan fingerprint density at radius 2 is 2.12 bits per heavy atom. The van der Waals surface area contributed by atoms with Gasteiger partial charge in [0.15, 0.2) is 0 Å². The maximum atomic E-state index is 12.1. The van der Waals surface area contributed by atoms with Crippen LogP contribution in [-0.4, -0.2) is 37.2 Å². The second-order valence-corrected chi connectivity index (χ2v) is 6.10. The van der Waals surface area contributed by atoms with Gasteiger partial charge in [0.05, 0.1) is 6.61 Å². The summed E-state index contributed by atoms with van der Waals surface area (Å²) in [7, 11) is 0. The van der Waals surface area contributed by atoms with E-state index in [-0.39, 0.29) is 24.9 Å². The Morgan fingerprint density at radius 1 is 1.36 bits per heavy atom. The Balaban J connectivity index is 2.10. The standard InChI is InChI=1S/C19H23ClO5/c1-2-10-24-19(22)17-12-15(14-5-7-16(20)8-6-14)13-18(25-17)23-11-4-3-9-21/h2,5-8,12,15,18,21H,1,3-4,9-11,13H2/t15-,18+/m1/s1. The highest BCUT2D eigenvalue weighted by Gasteiger charge is 2.29. The predicted octanol–water partition coefficient (Wildman–Crippen LogP) is 3.57. The van der Waals surface area contributed by atoms with Crippen LogP contribution in [0.2, 0.25) is 5.02 Å². The first-order valence-electron chi connectivity index (χ1n) is 8.28. The van der Waals surface area contributed by atoms with Gasteiger partial charge in [-0.15, -0.1) is 0 Å². The Hall–Kier alpha value is -1.82. The number of allylic oxidation sites excluding steroid dienone is 1. The molecule has 0 radical (unpaired) electrons. The van der Waals surface area contributed by atoms with Crippen LogP contribution in [-0.2, 0) is 19.0 Å². The van der Waals surface area contributed by atoms with Crippen LogP contribution < -0.4 is 0 Å². The fraction of sp³-hybridized carbons (Fsp3) is 0.421. The lowest BCUT2D eigenvalue weighted by molar-refractivity contribution is -0.160. The highest BCUT2D eigenvalue weighted by molar-refractivity contribution is 6.30. The summed E-state index contributed by atoms with van der Waals surface area (Å²) in [4.78, 5) is 12.1. The van der Waals surface area contributed by atoms with Gasteiger partial charge in [-0.25, -0.2) is 4.79 Å². The number of unbranched alkanes of at least 4 members (excludes halogenated alkanes) is 1. The third-order valence-electron chi connectivity index (χ3n) is 3.75. The normalized spacial score (nSPS) is 19.7. The van der Waals surface area contributed by atoms with Gasteiger partial charge in [-0.05, 0) is 36.6 Å². The molecule has 2 rings (SSSR count). The van der Waals surface area contributed by atoms with Gasteiger partial charge in [-0.3, -0.25) is 0 Å². The van der Waals surface area contributed by atoms with Crippen LogP contribution >= 0.6 is 11.6 Å². The van der Waals surface area contributed by atoms with Crippen LogP contribution in [0.4, 0.5) is 0 Å². The van der Waals surface area contributed by atoms with Crippen LogP contribution in [0, 0.1) is 0 Å². The number of aliphatic hydroxyl groups is 1. The van der Waals surface area contributed by atoms with Crippen LogP contribution in [0.25, 0.3) is 0 Å². The molecule has 0 fully saturated rings. The number of benzene rings is 1. The average Bonchev–Trinajstić information content (AvgIpc) is 2.63. The molecule has 0 spiro atoms. The molecule has 1 aliphatic rings. The minimum absolute atomic E-state index is 0.0415. The zero-order valence-electron chi connectivity index (χ0n) is 14.0. The molecule has 0 saturated carbocycles. The van der Waals surface area contributed by atoms with Crippen LogP contribution in [0.15, 0.2) is 48.8 Å². The van der Waals surface area contributed by atoms with Gasteiger partial charge in [0, 0.05) is 24.0 Å². The number of ether oxygens (including phenoxy) is 3. The Morgan fingerprint density at radius 3 is 2.80 bits per heavy atom. The van der Waals surface area contributed by atoms with E-state index in [1.807, 2.05) is 24.3 Å². The number of halogens is 1. The Labute approximate surface area is 152 Å². The number of esters is 1. The summed E-state index contributed by atoms with van der Waals surface area (Å²) in [5, 5.41) is 9.49. The summed E-state index contributed by atoms with van der Waals surface area (Å²) < 4.78 is 16.4. The summed E-state index contributed by atoms with van der Waals surface area (Å²) in [6.07, 6.45) is 4.68. The van der Waals surface area contributed by atoms with Gasteiger partial charge in [-0.2, -0.15) is 0 Å². The lowest BCUT2D eigenvalue weighted by Crippen LogP contribution is -2.28. The van der Waals surface area contributed by atoms with Gasteiger partial charge in [0.1, 0.15) is 6.61 Å². The lowest BCUT2D eigenvalue weighted by Gasteiger charge is -2.29. The van der Waals surface area contributed by atoms with Crippen LogP contribution in [0.3, 0.4) is 0 Å². The van der Waals surface area contributed by atoms with E-state index in [4.69, 9.17) is 30.9 Å². The quantitative estimate of drug-likeness (QED) is 0.411. The summed E-state index contributed by atoms with van der Waals surface area (Å²) in [5.74, 6) is -0.442. The third-order valence-corrected chi connectivity index (χ3v) is 4.00. The molecule has 136 valence electrons. The minimum Gasteiger partial charge on any atom is -0.458 e. The third kappa shape index (κ3) is 6.20. The SMILES string of the molecule is C=CCOC(=O)C1=C[C@@H](c2ccc(Cl)cc2)C[C@@H](OCCCCO)O1. The zero-order chi connectivity index (χ0) is 18.1. The molecule has 1 N–H and O–H groups in total. The van der Waals surface area contributed by atoms with E-state index in [0.717, 1.165) is 12.0 Å². The first kappa shape index (κ1) is 19.5. The number of carbonyl (C=O) groups is 1. The molecule has 6 heteroatoms. The summed E-state index contributed by atoms with van der Waals surface area (Å²) in [6.45, 7) is 4.22. The smallest absolute Gasteiger partial charge is 0.373 e. The minimum atomic E-state index is -0.546. The predicted molar refractivity (Wildman–Crippen MR) is 95.2 cm³/mol. The number of aliphatic hydroxyl groups excluding tert-OH is 1. The van der Waals surface area contributed by atoms with E-state index in [1.165, 1.54) is 6.08 Å². The van der Waals surface area contributed by atoms with Crippen molar-refractivity contribution in [2.24, 2.45) is 0 Å². The number of rotatable bonds is 9. The van der Waals surface area contributed by atoms with Crippen molar-refractivity contribution >= 4 is 17.6 Å². The van der Waals surface area contributed by atoms with Crippen molar-refractivity contribution in [3.05, 3.63) is 59.3 Å². The van der Waals surface area contributed by atoms with Gasteiger partial charge in [-0.1, -0.05) is 36.4 Å². The topological polar surface area (TPSA) is 65.0 Å². The van der Waals surface area contributed by atoms with Crippen molar-refractivity contribution < 1.29 is 24.1 Å². The molecular weight excluding hydrogens is 344 g/mol. The lowest BCUT2D eigenvalue weighted by atomic mass is 9.93. The van der Waals surface area contributed by atoms with Crippen LogP contribution in [0.1, 0.15) is 30.7 Å². The Bertz CT molecular complexity index is 596. The number of hydrogen-bond donors (Lipinski definition) is 1. The highest BCUT2D eigenvalue weighted by atomic mass is 35.5. The molecule has 0 aliphatic carbocycles. The second-order valence-electron chi connectivity index (χ2n) is 5.66. The largest absolute Gasteiger partial charge is 0.458 e. The molecule has 5 nitrogen and oxygen atoms in total. The second kappa shape index (κ2) is 10.2. The van der Waals surface area contributed by atoms with Gasteiger partial charge in [0.2, 0.25) is 12.0 Å². The van der Waals surface area contributed by atoms with Crippen molar-refractivity contribution in [3.63, 3.8) is 0 Å². The van der Waals surface area contributed by atoms with E-state index in [0.29, 0.717) is 24.5 Å². The average molecular weight is 367 g/mol. The van der Waals surface area contributed by atoms with E-state index in [9.17, 15) is 4.79 Å². The summed E-state index contributed by atoms with van der Waals surface area (Å²) in [6, 6.07) is 7.47. The zero-order valence-corrected chi connectivity index (χ0v) is 14.8. The molecule has 0 bridgehead atoms. The maximum absolute atomic E-state index is 12.1. The molecule has 25 heavy (non-hydrogen) atoms. The van der Waals surface area contributed by atoms with Gasteiger partial charge < -0.3 is 19.3 Å². The van der Waals surface area contributed by atoms with E-state index >= 15 is 0 Å². The summed E-state index contributed by atoms with van der Waals surface area (Å²) in [5.41, 5.74) is 1.02. The first-order chi connectivity index (χ1) is 12.1. The monoisotopic (exact) mass is 366 g/mol.